The van der Waals surface area contributed by atoms with Crippen molar-refractivity contribution < 1.29 is 30.0 Å². The molecular weight excluding hydrogens is 341 g/mol. The predicted octanol–water partition coefficient (Wildman–Crippen LogP) is 4.15. The molecule has 0 N–H and O–H groups in total. The highest BCUT2D eigenvalue weighted by Gasteiger charge is 2.52. The summed E-state index contributed by atoms with van der Waals surface area (Å²) >= 11 is 0. The van der Waals surface area contributed by atoms with Crippen LogP contribution < -0.4 is 0 Å². The van der Waals surface area contributed by atoms with Gasteiger partial charge in [-0.05, 0) is 6.42 Å². The van der Waals surface area contributed by atoms with Gasteiger partial charge in [0.05, 0.1) is 5.75 Å². The minimum atomic E-state index is -5.73. The molecule has 0 aliphatic rings. The number of alkyl halides is 3. The smallest absolute Gasteiger partial charge is 0.299 e. The van der Waals surface area contributed by atoms with Crippen LogP contribution >= 0.6 is 10.3 Å². The number of Topliss-reactive ketones (excluding diaryl/α,β-unsaturated/α-hetero) is 1. The number of ketones is 1. The summed E-state index contributed by atoms with van der Waals surface area (Å²) in [5, 5.41) is -0.981. The second-order valence-electron chi connectivity index (χ2n) is 5.63. The zero-order valence-corrected chi connectivity index (χ0v) is 15.2. The Balaban J connectivity index is 5.59. The molecule has 0 aromatic rings. The fraction of sp³-hybridized carbons (Fsp3) is 0.923. The van der Waals surface area contributed by atoms with Crippen LogP contribution in [0.1, 0.15) is 53.9 Å². The largest absolute Gasteiger partial charge is 0.523 e. The van der Waals surface area contributed by atoms with Gasteiger partial charge in [-0.25, -0.2) is 3.63 Å². The number of rotatable bonds is 9. The molecule has 0 atom stereocenters. The van der Waals surface area contributed by atoms with E-state index in [1.807, 2.05) is 6.92 Å². The van der Waals surface area contributed by atoms with Crippen molar-refractivity contribution in [3.63, 3.8) is 0 Å². The molecule has 22 heavy (non-hydrogen) atoms. The molecule has 134 valence electrons. The van der Waals surface area contributed by atoms with Gasteiger partial charge in [-0.1, -0.05) is 41.0 Å². The molecule has 0 fully saturated rings. The second kappa shape index (κ2) is 8.01. The van der Waals surface area contributed by atoms with Crippen LogP contribution in [0.25, 0.3) is 0 Å². The summed E-state index contributed by atoms with van der Waals surface area (Å²) < 4.78 is 65.5. The lowest BCUT2D eigenvalue weighted by Gasteiger charge is -2.45. The van der Waals surface area contributed by atoms with Gasteiger partial charge >= 0.3 is 15.6 Å². The maximum absolute atomic E-state index is 12.6. The van der Waals surface area contributed by atoms with Gasteiger partial charge in [-0.2, -0.15) is 21.6 Å². The summed E-state index contributed by atoms with van der Waals surface area (Å²) in [5.41, 5.74) is -5.48. The van der Waals surface area contributed by atoms with E-state index in [9.17, 15) is 26.4 Å². The molecule has 0 aliphatic heterocycles. The standard InChI is InChI=1S/C13H25F3O4S2/c1-6-7-8-12(17)9-21(10(2)3,11(4)5)20-22(18,19)13(14,15)16/h10-11H,6-9H2,1-5H3. The fourth-order valence-electron chi connectivity index (χ4n) is 1.96. The predicted molar refractivity (Wildman–Crippen MR) is 83.3 cm³/mol. The molecule has 0 aliphatic carbocycles. The van der Waals surface area contributed by atoms with Gasteiger partial charge < -0.3 is 0 Å². The Morgan fingerprint density at radius 3 is 1.86 bits per heavy atom. The lowest BCUT2D eigenvalue weighted by molar-refractivity contribution is -0.116. The topological polar surface area (TPSA) is 60.4 Å². The Labute approximate surface area is 132 Å². The second-order valence-corrected chi connectivity index (χ2v) is 11.3. The summed E-state index contributed by atoms with van der Waals surface area (Å²) in [6.07, 6.45) is 1.62. The normalized spacial score (nSPS) is 14.6. The van der Waals surface area contributed by atoms with Crippen LogP contribution in [0, 0.1) is 0 Å². The molecule has 4 nitrogen and oxygen atoms in total. The molecule has 9 heteroatoms. The molecule has 0 radical (unpaired) electrons. The lowest BCUT2D eigenvalue weighted by Crippen LogP contribution is -2.36. The van der Waals surface area contributed by atoms with Crippen LogP contribution in [0.3, 0.4) is 0 Å². The van der Waals surface area contributed by atoms with E-state index in [-0.39, 0.29) is 18.0 Å². The van der Waals surface area contributed by atoms with Crippen molar-refractivity contribution >= 4 is 26.2 Å². The van der Waals surface area contributed by atoms with Gasteiger partial charge in [0.15, 0.2) is 0 Å². The van der Waals surface area contributed by atoms with E-state index in [2.05, 4.69) is 3.63 Å². The maximum atomic E-state index is 12.6. The van der Waals surface area contributed by atoms with E-state index in [0.717, 1.165) is 6.42 Å². The first kappa shape index (κ1) is 21.7. The third-order valence-corrected chi connectivity index (χ3v) is 9.55. The third kappa shape index (κ3) is 5.42. The highest BCUT2D eigenvalue weighted by Crippen LogP contribution is 2.60. The number of halogens is 3. The Morgan fingerprint density at radius 1 is 1.09 bits per heavy atom. The average Bonchev–Trinajstić information content (AvgIpc) is 2.33. The highest BCUT2D eigenvalue weighted by molar-refractivity contribution is 8.34. The van der Waals surface area contributed by atoms with Crippen LogP contribution in [-0.4, -0.2) is 36.0 Å². The number of unbranched alkanes of at least 4 members (excludes halogenated alkanes) is 1. The molecule has 0 rings (SSSR count). The molecule has 0 unspecified atom stereocenters. The molecule has 0 heterocycles. The number of hydrogen-bond acceptors (Lipinski definition) is 4. The van der Waals surface area contributed by atoms with Crippen LogP contribution in [0.5, 0.6) is 0 Å². The summed E-state index contributed by atoms with van der Waals surface area (Å²) in [6.45, 7) is 8.26. The number of hydrogen-bond donors (Lipinski definition) is 0. The van der Waals surface area contributed by atoms with Gasteiger partial charge in [0.2, 0.25) is 0 Å². The van der Waals surface area contributed by atoms with E-state index < -0.39 is 36.4 Å². The minimum Gasteiger partial charge on any atom is -0.299 e. The summed E-state index contributed by atoms with van der Waals surface area (Å²) in [5.74, 6) is -0.519. The van der Waals surface area contributed by atoms with E-state index >= 15 is 0 Å². The Hall–Kier alpha value is -0.280. The molecule has 0 aromatic carbocycles. The Morgan fingerprint density at radius 2 is 1.55 bits per heavy atom. The zero-order valence-electron chi connectivity index (χ0n) is 13.6. The average molecular weight is 366 g/mol. The monoisotopic (exact) mass is 366 g/mol. The van der Waals surface area contributed by atoms with Crippen LogP contribution in [0.2, 0.25) is 0 Å². The first-order chi connectivity index (χ1) is 9.80. The molecule has 0 amide bonds. The summed E-state index contributed by atoms with van der Waals surface area (Å²) in [4.78, 5) is 12.0. The molecule has 0 spiro atoms. The Kier molecular flexibility index (Phi) is 7.91. The summed E-state index contributed by atoms with van der Waals surface area (Å²) in [6, 6.07) is 0. The van der Waals surface area contributed by atoms with Crippen LogP contribution in [0.4, 0.5) is 13.2 Å². The van der Waals surface area contributed by atoms with Gasteiger partial charge in [-0.3, -0.25) is 4.79 Å². The molecule has 0 aromatic heterocycles. The summed E-state index contributed by atoms with van der Waals surface area (Å²) in [7, 11) is -8.48. The molecule has 0 bridgehead atoms. The van der Waals surface area contributed by atoms with E-state index in [4.69, 9.17) is 0 Å². The van der Waals surface area contributed by atoms with Gasteiger partial charge in [0.1, 0.15) is 5.78 Å². The molecule has 0 saturated carbocycles. The van der Waals surface area contributed by atoms with Crippen molar-refractivity contribution in [2.24, 2.45) is 0 Å². The quantitative estimate of drug-likeness (QED) is 0.575. The van der Waals surface area contributed by atoms with Crippen molar-refractivity contribution in [1.29, 1.82) is 0 Å². The SMILES string of the molecule is CCCCC(=O)CS(OS(=O)(=O)C(F)(F)F)(C(C)C)C(C)C. The lowest BCUT2D eigenvalue weighted by atomic mass is 10.2. The van der Waals surface area contributed by atoms with Gasteiger partial charge in [-0.15, -0.1) is 10.3 Å². The molecular formula is C13H25F3O4S2. The van der Waals surface area contributed by atoms with Crippen molar-refractivity contribution in [1.82, 2.24) is 0 Å². The van der Waals surface area contributed by atoms with Crippen molar-refractivity contribution in [3.8, 4) is 0 Å². The van der Waals surface area contributed by atoms with Crippen LogP contribution in [-0.2, 0) is 18.5 Å². The van der Waals surface area contributed by atoms with E-state index in [1.54, 1.807) is 27.7 Å². The molecule has 0 saturated heterocycles. The fourth-order valence-corrected chi connectivity index (χ4v) is 7.46. The zero-order chi connectivity index (χ0) is 17.8. The minimum absolute atomic E-state index is 0.222. The third-order valence-electron chi connectivity index (χ3n) is 3.29. The van der Waals surface area contributed by atoms with Crippen molar-refractivity contribution in [2.45, 2.75) is 69.9 Å². The van der Waals surface area contributed by atoms with Crippen molar-refractivity contribution in [2.75, 3.05) is 5.75 Å². The van der Waals surface area contributed by atoms with E-state index in [1.165, 1.54) is 0 Å². The number of carbonyl (C=O) groups excluding carboxylic acids is 1. The van der Waals surface area contributed by atoms with Gasteiger partial charge in [0, 0.05) is 16.9 Å². The van der Waals surface area contributed by atoms with E-state index in [0.29, 0.717) is 6.42 Å². The van der Waals surface area contributed by atoms with Crippen LogP contribution in [0.15, 0.2) is 0 Å². The van der Waals surface area contributed by atoms with Gasteiger partial charge in [0.25, 0.3) is 0 Å². The Bertz CT molecular complexity index is 462. The maximum Gasteiger partial charge on any atom is 0.523 e. The van der Waals surface area contributed by atoms with Crippen molar-refractivity contribution in [3.05, 3.63) is 0 Å². The first-order valence-electron chi connectivity index (χ1n) is 7.13. The number of carbonyl (C=O) groups is 1. The first-order valence-corrected chi connectivity index (χ1v) is 10.4. The highest BCUT2D eigenvalue weighted by atomic mass is 32.3.